The van der Waals surface area contributed by atoms with Crippen molar-refractivity contribution in [2.45, 2.75) is 0 Å². The lowest BCUT2D eigenvalue weighted by molar-refractivity contribution is 0.607. The number of hydrogen-bond donors (Lipinski definition) is 1. The van der Waals surface area contributed by atoms with Gasteiger partial charge < -0.3 is 0 Å². The van der Waals surface area contributed by atoms with Crippen molar-refractivity contribution in [3.8, 4) is 21.8 Å². The molecule has 0 aliphatic heterocycles. The summed E-state index contributed by atoms with van der Waals surface area (Å²) in [5, 5.41) is 2.86. The molecule has 0 radical (unpaired) electrons. The van der Waals surface area contributed by atoms with Crippen LogP contribution in [0.4, 0.5) is 5.69 Å². The van der Waals surface area contributed by atoms with Gasteiger partial charge in [0.15, 0.2) is 0 Å². The largest absolute Gasteiger partial charge is 0.284 e. The van der Waals surface area contributed by atoms with E-state index in [0.29, 0.717) is 5.69 Å². The van der Waals surface area contributed by atoms with Crippen LogP contribution in [0, 0.1) is 0 Å². The molecule has 1 aromatic carbocycles. The van der Waals surface area contributed by atoms with Crippen LogP contribution in [0.1, 0.15) is 0 Å². The highest BCUT2D eigenvalue weighted by Gasteiger charge is 2.08. The average molecular weight is 331 g/mol. The van der Waals surface area contributed by atoms with E-state index in [0.717, 1.165) is 28.1 Å². The molecule has 0 unspecified atom stereocenters. The fourth-order valence-electron chi connectivity index (χ4n) is 1.99. The Labute approximate surface area is 132 Å². The molecule has 0 aliphatic rings. The van der Waals surface area contributed by atoms with Crippen LogP contribution >= 0.6 is 11.3 Å². The maximum Gasteiger partial charge on any atom is 0.229 e. The third kappa shape index (κ3) is 3.49. The van der Waals surface area contributed by atoms with Crippen LogP contribution in [0.3, 0.4) is 0 Å². The Morgan fingerprint density at radius 2 is 1.86 bits per heavy atom. The van der Waals surface area contributed by atoms with Crippen molar-refractivity contribution in [1.82, 2.24) is 9.97 Å². The van der Waals surface area contributed by atoms with Gasteiger partial charge in [0.2, 0.25) is 10.0 Å². The molecule has 22 heavy (non-hydrogen) atoms. The predicted molar refractivity (Wildman–Crippen MR) is 89.2 cm³/mol. The highest BCUT2D eigenvalue weighted by Crippen LogP contribution is 2.29. The summed E-state index contributed by atoms with van der Waals surface area (Å²) in [4.78, 5) is 8.60. The molecule has 0 saturated heterocycles. The molecule has 3 aromatic rings. The molecule has 1 N–H and O–H groups in total. The molecule has 0 saturated carbocycles. The van der Waals surface area contributed by atoms with Crippen LogP contribution in [-0.2, 0) is 10.0 Å². The van der Waals surface area contributed by atoms with Crippen LogP contribution in [-0.4, -0.2) is 24.6 Å². The normalized spacial score (nSPS) is 11.3. The molecule has 7 heteroatoms. The molecular formula is C15H13N3O2S2. The van der Waals surface area contributed by atoms with Gasteiger partial charge in [-0.3, -0.25) is 9.71 Å². The number of benzene rings is 1. The highest BCUT2D eigenvalue weighted by molar-refractivity contribution is 7.92. The lowest BCUT2D eigenvalue weighted by Crippen LogP contribution is -2.09. The summed E-state index contributed by atoms with van der Waals surface area (Å²) >= 11 is 1.54. The zero-order chi connectivity index (χ0) is 15.6. The van der Waals surface area contributed by atoms with E-state index in [2.05, 4.69) is 14.7 Å². The zero-order valence-corrected chi connectivity index (χ0v) is 13.4. The number of thiazole rings is 1. The lowest BCUT2D eigenvalue weighted by Gasteiger charge is -2.05. The third-order valence-corrected chi connectivity index (χ3v) is 4.39. The molecular weight excluding hydrogens is 318 g/mol. The van der Waals surface area contributed by atoms with Gasteiger partial charge in [0.1, 0.15) is 5.01 Å². The molecule has 112 valence electrons. The minimum Gasteiger partial charge on any atom is -0.284 e. The summed E-state index contributed by atoms with van der Waals surface area (Å²) in [5.74, 6) is 0. The van der Waals surface area contributed by atoms with Gasteiger partial charge in [-0.05, 0) is 24.3 Å². The fraction of sp³-hybridized carbons (Fsp3) is 0.0667. The number of hydrogen-bond acceptors (Lipinski definition) is 5. The SMILES string of the molecule is CS(=O)(=O)Nc1cccc(-c2csc(-c3ccncc3)n2)c1. The average Bonchev–Trinajstić information content (AvgIpc) is 2.96. The first-order valence-corrected chi connectivity index (χ1v) is 9.22. The molecule has 0 amide bonds. The summed E-state index contributed by atoms with van der Waals surface area (Å²) in [7, 11) is -3.29. The Morgan fingerprint density at radius 3 is 2.59 bits per heavy atom. The molecule has 0 bridgehead atoms. The number of anilines is 1. The quantitative estimate of drug-likeness (QED) is 0.796. The van der Waals surface area contributed by atoms with E-state index >= 15 is 0 Å². The summed E-state index contributed by atoms with van der Waals surface area (Å²) in [6.07, 6.45) is 4.59. The van der Waals surface area contributed by atoms with E-state index < -0.39 is 10.0 Å². The second-order valence-electron chi connectivity index (χ2n) is 4.73. The minimum atomic E-state index is -3.29. The highest BCUT2D eigenvalue weighted by atomic mass is 32.2. The lowest BCUT2D eigenvalue weighted by atomic mass is 10.1. The van der Waals surface area contributed by atoms with Crippen LogP contribution in [0.5, 0.6) is 0 Å². The van der Waals surface area contributed by atoms with Crippen molar-refractivity contribution in [1.29, 1.82) is 0 Å². The summed E-state index contributed by atoms with van der Waals surface area (Å²) in [5.41, 5.74) is 3.22. The second-order valence-corrected chi connectivity index (χ2v) is 7.34. The van der Waals surface area contributed by atoms with Gasteiger partial charge >= 0.3 is 0 Å². The van der Waals surface area contributed by atoms with Crippen LogP contribution in [0.25, 0.3) is 21.8 Å². The monoisotopic (exact) mass is 331 g/mol. The third-order valence-electron chi connectivity index (χ3n) is 2.89. The van der Waals surface area contributed by atoms with Gasteiger partial charge in [0.25, 0.3) is 0 Å². The van der Waals surface area contributed by atoms with E-state index in [9.17, 15) is 8.42 Å². The van der Waals surface area contributed by atoms with Crippen molar-refractivity contribution in [3.63, 3.8) is 0 Å². The number of aromatic nitrogens is 2. The molecule has 5 nitrogen and oxygen atoms in total. The molecule has 0 aliphatic carbocycles. The number of nitrogens with one attached hydrogen (secondary N) is 1. The van der Waals surface area contributed by atoms with Crippen LogP contribution in [0.2, 0.25) is 0 Å². The second kappa shape index (κ2) is 5.86. The van der Waals surface area contributed by atoms with Crippen molar-refractivity contribution < 1.29 is 8.42 Å². The number of pyridine rings is 1. The predicted octanol–water partition coefficient (Wildman–Crippen LogP) is 3.24. The van der Waals surface area contributed by atoms with Gasteiger partial charge in [-0.2, -0.15) is 0 Å². The maximum atomic E-state index is 11.3. The van der Waals surface area contributed by atoms with Gasteiger partial charge in [-0.1, -0.05) is 12.1 Å². The Balaban J connectivity index is 1.92. The summed E-state index contributed by atoms with van der Waals surface area (Å²) in [6, 6.07) is 11.0. The minimum absolute atomic E-state index is 0.526. The number of nitrogens with zero attached hydrogens (tertiary/aromatic N) is 2. The standard InChI is InChI=1S/C15H13N3O2S2/c1-22(19,20)18-13-4-2-3-12(9-13)14-10-21-15(17-14)11-5-7-16-8-6-11/h2-10,18H,1H3. The van der Waals surface area contributed by atoms with Gasteiger partial charge in [-0.25, -0.2) is 13.4 Å². The number of rotatable bonds is 4. The van der Waals surface area contributed by atoms with E-state index in [1.54, 1.807) is 30.6 Å². The molecule has 3 rings (SSSR count). The van der Waals surface area contributed by atoms with Gasteiger partial charge in [0, 0.05) is 34.6 Å². The van der Waals surface area contributed by atoms with E-state index in [-0.39, 0.29) is 0 Å². The smallest absolute Gasteiger partial charge is 0.229 e. The molecule has 0 spiro atoms. The van der Waals surface area contributed by atoms with Crippen LogP contribution < -0.4 is 4.72 Å². The summed E-state index contributed by atoms with van der Waals surface area (Å²) in [6.45, 7) is 0. The maximum absolute atomic E-state index is 11.3. The Kier molecular flexibility index (Phi) is 3.91. The van der Waals surface area contributed by atoms with Gasteiger partial charge in [-0.15, -0.1) is 11.3 Å². The first kappa shape index (κ1) is 14.7. The van der Waals surface area contributed by atoms with Crippen molar-refractivity contribution in [2.75, 3.05) is 11.0 Å². The van der Waals surface area contributed by atoms with Crippen molar-refractivity contribution in [2.24, 2.45) is 0 Å². The number of sulfonamides is 1. The Morgan fingerprint density at radius 1 is 1.09 bits per heavy atom. The van der Waals surface area contributed by atoms with Crippen molar-refractivity contribution >= 4 is 27.0 Å². The molecule has 2 heterocycles. The first-order chi connectivity index (χ1) is 10.5. The molecule has 0 fully saturated rings. The van der Waals surface area contributed by atoms with Crippen LogP contribution in [0.15, 0.2) is 54.2 Å². The topological polar surface area (TPSA) is 72.0 Å². The van der Waals surface area contributed by atoms with Gasteiger partial charge in [0.05, 0.1) is 11.9 Å². The molecule has 0 atom stereocenters. The Bertz CT molecular complexity index is 890. The summed E-state index contributed by atoms with van der Waals surface area (Å²) < 4.78 is 25.1. The van der Waals surface area contributed by atoms with E-state index in [4.69, 9.17) is 0 Å². The first-order valence-electron chi connectivity index (χ1n) is 6.45. The molecule has 2 aromatic heterocycles. The zero-order valence-electron chi connectivity index (χ0n) is 11.7. The fourth-order valence-corrected chi connectivity index (χ4v) is 3.38. The Hall–Kier alpha value is -2.25. The van der Waals surface area contributed by atoms with Crippen molar-refractivity contribution in [3.05, 3.63) is 54.2 Å². The van der Waals surface area contributed by atoms with E-state index in [1.165, 1.54) is 11.3 Å². The van der Waals surface area contributed by atoms with E-state index in [1.807, 2.05) is 23.6 Å².